The number of para-hydroxylation sites is 1. The number of nitrogens with one attached hydrogen (secondary N) is 2. The van der Waals surface area contributed by atoms with Gasteiger partial charge in [0.1, 0.15) is 18.1 Å². The van der Waals surface area contributed by atoms with Crippen LogP contribution in [-0.4, -0.2) is 17.9 Å². The highest BCUT2D eigenvalue weighted by atomic mass is 16.5. The highest BCUT2D eigenvalue weighted by Gasteiger charge is 2.17. The molecule has 0 aliphatic heterocycles. The fraction of sp³-hybridized carbons (Fsp3) is 0.167. The Balaban J connectivity index is 1.56. The van der Waals surface area contributed by atoms with Gasteiger partial charge in [0.2, 0.25) is 0 Å². The van der Waals surface area contributed by atoms with Crippen LogP contribution in [0.2, 0.25) is 0 Å². The Hall–Kier alpha value is -3.80. The lowest BCUT2D eigenvalue weighted by molar-refractivity contribution is -0.128. The number of hydrogen-bond donors (Lipinski definition) is 2. The number of ether oxygens (including phenoxy) is 2. The van der Waals surface area contributed by atoms with Gasteiger partial charge in [0.25, 0.3) is 11.8 Å². The van der Waals surface area contributed by atoms with E-state index in [9.17, 15) is 9.59 Å². The van der Waals surface area contributed by atoms with Crippen LogP contribution in [0.25, 0.3) is 0 Å². The fourth-order valence-electron chi connectivity index (χ4n) is 2.75. The van der Waals surface area contributed by atoms with Gasteiger partial charge in [0.05, 0.1) is 5.56 Å². The summed E-state index contributed by atoms with van der Waals surface area (Å²) >= 11 is 0. The quantitative estimate of drug-likeness (QED) is 0.587. The maximum atomic E-state index is 12.6. The Labute approximate surface area is 175 Å². The highest BCUT2D eigenvalue weighted by Crippen LogP contribution is 2.19. The number of benzene rings is 3. The van der Waals surface area contributed by atoms with Gasteiger partial charge in [0, 0.05) is 0 Å². The lowest BCUT2D eigenvalue weighted by Gasteiger charge is -2.16. The molecule has 30 heavy (non-hydrogen) atoms. The van der Waals surface area contributed by atoms with E-state index in [4.69, 9.17) is 9.47 Å². The van der Waals surface area contributed by atoms with Gasteiger partial charge in [-0.3, -0.25) is 20.4 Å². The summed E-state index contributed by atoms with van der Waals surface area (Å²) in [6.45, 7) is 3.88. The predicted molar refractivity (Wildman–Crippen MR) is 114 cm³/mol. The molecule has 0 bridgehead atoms. The van der Waals surface area contributed by atoms with Crippen LogP contribution in [-0.2, 0) is 11.4 Å². The molecule has 1 atom stereocenters. The molecule has 0 radical (unpaired) electrons. The van der Waals surface area contributed by atoms with Crippen LogP contribution >= 0.6 is 0 Å². The second-order valence-corrected chi connectivity index (χ2v) is 6.79. The zero-order chi connectivity index (χ0) is 21.3. The van der Waals surface area contributed by atoms with E-state index >= 15 is 0 Å². The summed E-state index contributed by atoms with van der Waals surface area (Å²) in [5.74, 6) is 0.0723. The van der Waals surface area contributed by atoms with Gasteiger partial charge in [-0.05, 0) is 49.2 Å². The van der Waals surface area contributed by atoms with E-state index in [1.54, 1.807) is 37.3 Å². The summed E-state index contributed by atoms with van der Waals surface area (Å²) in [5.41, 5.74) is 7.15. The Bertz CT molecular complexity index is 1000. The van der Waals surface area contributed by atoms with Crippen LogP contribution in [0.3, 0.4) is 0 Å². The largest absolute Gasteiger partial charge is 0.488 e. The lowest BCUT2D eigenvalue weighted by Crippen LogP contribution is -2.47. The fourth-order valence-corrected chi connectivity index (χ4v) is 2.75. The van der Waals surface area contributed by atoms with Crippen molar-refractivity contribution in [3.63, 3.8) is 0 Å². The average molecular weight is 404 g/mol. The summed E-state index contributed by atoms with van der Waals surface area (Å²) in [7, 11) is 0. The number of hydrogen-bond acceptors (Lipinski definition) is 4. The summed E-state index contributed by atoms with van der Waals surface area (Å²) < 4.78 is 11.4. The monoisotopic (exact) mass is 404 g/mol. The van der Waals surface area contributed by atoms with E-state index in [-0.39, 0.29) is 0 Å². The average Bonchev–Trinajstić information content (AvgIpc) is 2.76. The molecule has 2 N–H and O–H groups in total. The van der Waals surface area contributed by atoms with Gasteiger partial charge in [-0.15, -0.1) is 0 Å². The molecule has 0 saturated heterocycles. The van der Waals surface area contributed by atoms with Crippen molar-refractivity contribution in [3.05, 3.63) is 95.6 Å². The van der Waals surface area contributed by atoms with Crippen LogP contribution in [0, 0.1) is 6.92 Å². The van der Waals surface area contributed by atoms with Crippen LogP contribution in [0.15, 0.2) is 78.9 Å². The second kappa shape index (κ2) is 10.1. The Kier molecular flexibility index (Phi) is 7.05. The first-order chi connectivity index (χ1) is 14.5. The van der Waals surface area contributed by atoms with Crippen molar-refractivity contribution in [2.45, 2.75) is 26.6 Å². The van der Waals surface area contributed by atoms with Crippen LogP contribution in [0.1, 0.15) is 28.4 Å². The third-order valence-corrected chi connectivity index (χ3v) is 4.34. The van der Waals surface area contributed by atoms with Crippen molar-refractivity contribution in [1.29, 1.82) is 0 Å². The maximum absolute atomic E-state index is 12.6. The zero-order valence-corrected chi connectivity index (χ0v) is 16.9. The maximum Gasteiger partial charge on any atom is 0.279 e. The van der Waals surface area contributed by atoms with Crippen molar-refractivity contribution in [2.24, 2.45) is 0 Å². The topological polar surface area (TPSA) is 76.7 Å². The minimum Gasteiger partial charge on any atom is -0.488 e. The first-order valence-electron chi connectivity index (χ1n) is 9.62. The number of amides is 2. The summed E-state index contributed by atoms with van der Waals surface area (Å²) in [6, 6.07) is 23.9. The molecule has 6 heteroatoms. The molecule has 2 amide bonds. The molecule has 154 valence electrons. The molecule has 3 aromatic rings. The van der Waals surface area contributed by atoms with Crippen LogP contribution < -0.4 is 20.3 Å². The van der Waals surface area contributed by atoms with Gasteiger partial charge in [-0.1, -0.05) is 54.6 Å². The zero-order valence-electron chi connectivity index (χ0n) is 16.9. The van der Waals surface area contributed by atoms with E-state index in [1.807, 2.05) is 55.5 Å². The molecule has 0 heterocycles. The van der Waals surface area contributed by atoms with Gasteiger partial charge in [0.15, 0.2) is 6.10 Å². The minimum absolute atomic E-state index is 0.320. The molecule has 0 aliphatic rings. The standard InChI is InChI=1S/C24H24N2O4/c1-17-9-8-12-20(15-17)30-18(2)23(27)25-26-24(28)21-13-6-7-14-22(21)29-16-19-10-4-3-5-11-19/h3-15,18H,16H2,1-2H3,(H,25,27)(H,26,28)/t18-/m1/s1. The van der Waals surface area contributed by atoms with E-state index < -0.39 is 17.9 Å². The Morgan fingerprint density at radius 1 is 0.900 bits per heavy atom. The molecule has 3 aromatic carbocycles. The molecule has 0 aliphatic carbocycles. The first kappa shape index (κ1) is 20.9. The van der Waals surface area contributed by atoms with Gasteiger partial charge in [-0.25, -0.2) is 0 Å². The molecule has 6 nitrogen and oxygen atoms in total. The van der Waals surface area contributed by atoms with Crippen molar-refractivity contribution in [1.82, 2.24) is 10.9 Å². The third-order valence-electron chi connectivity index (χ3n) is 4.34. The number of carbonyl (C=O) groups is 2. The number of rotatable bonds is 7. The molecular formula is C24H24N2O4. The number of carbonyl (C=O) groups excluding carboxylic acids is 2. The van der Waals surface area contributed by atoms with Gasteiger partial charge >= 0.3 is 0 Å². The van der Waals surface area contributed by atoms with Crippen LogP contribution in [0.5, 0.6) is 11.5 Å². The number of hydrazine groups is 1. The molecule has 3 rings (SSSR count). The molecule has 0 aromatic heterocycles. The van der Waals surface area contributed by atoms with Gasteiger partial charge in [-0.2, -0.15) is 0 Å². The normalized spacial score (nSPS) is 11.3. The molecule has 0 spiro atoms. The number of aryl methyl sites for hydroxylation is 1. The van der Waals surface area contributed by atoms with Gasteiger partial charge < -0.3 is 9.47 Å². The van der Waals surface area contributed by atoms with E-state index in [2.05, 4.69) is 10.9 Å². The van der Waals surface area contributed by atoms with E-state index in [0.29, 0.717) is 23.7 Å². The SMILES string of the molecule is Cc1cccc(O[C@H](C)C(=O)NNC(=O)c2ccccc2OCc2ccccc2)c1. The highest BCUT2D eigenvalue weighted by molar-refractivity contribution is 5.98. The Morgan fingerprint density at radius 3 is 2.40 bits per heavy atom. The molecule has 0 fully saturated rings. The summed E-state index contributed by atoms with van der Waals surface area (Å²) in [5, 5.41) is 0. The summed E-state index contributed by atoms with van der Waals surface area (Å²) in [6.07, 6.45) is -0.781. The molecular weight excluding hydrogens is 380 g/mol. The first-order valence-corrected chi connectivity index (χ1v) is 9.62. The second-order valence-electron chi connectivity index (χ2n) is 6.79. The Morgan fingerprint density at radius 2 is 1.63 bits per heavy atom. The van der Waals surface area contributed by atoms with Crippen molar-refractivity contribution in [2.75, 3.05) is 0 Å². The third kappa shape index (κ3) is 5.85. The van der Waals surface area contributed by atoms with E-state index in [0.717, 1.165) is 11.1 Å². The molecule has 0 saturated carbocycles. The lowest BCUT2D eigenvalue weighted by atomic mass is 10.2. The van der Waals surface area contributed by atoms with Crippen LogP contribution in [0.4, 0.5) is 0 Å². The van der Waals surface area contributed by atoms with Crippen molar-refractivity contribution < 1.29 is 19.1 Å². The van der Waals surface area contributed by atoms with Crippen molar-refractivity contribution in [3.8, 4) is 11.5 Å². The van der Waals surface area contributed by atoms with Crippen molar-refractivity contribution >= 4 is 11.8 Å². The summed E-state index contributed by atoms with van der Waals surface area (Å²) in [4.78, 5) is 24.8. The molecule has 0 unspecified atom stereocenters. The smallest absolute Gasteiger partial charge is 0.279 e. The predicted octanol–water partition coefficient (Wildman–Crippen LogP) is 3.80. The minimum atomic E-state index is -0.781. The van der Waals surface area contributed by atoms with E-state index in [1.165, 1.54) is 0 Å².